The average Bonchev–Trinajstić information content (AvgIpc) is 3.09. The maximum Gasteiger partial charge on any atom is 0.195 e. The quantitative estimate of drug-likeness (QED) is 0.545. The Hall–Kier alpha value is -2.34. The van der Waals surface area contributed by atoms with Crippen molar-refractivity contribution in [2.24, 2.45) is 0 Å². The van der Waals surface area contributed by atoms with Gasteiger partial charge in [-0.25, -0.2) is 4.98 Å². The zero-order valence-corrected chi connectivity index (χ0v) is 12.3. The van der Waals surface area contributed by atoms with Gasteiger partial charge in [-0.3, -0.25) is 4.40 Å². The zero-order chi connectivity index (χ0) is 14.2. The number of imidazole rings is 1. The Bertz CT molecular complexity index is 924. The third-order valence-corrected chi connectivity index (χ3v) is 4.34. The average molecular weight is 295 g/mol. The second-order valence-electron chi connectivity index (χ2n) is 4.85. The number of hydrogen-bond donors (Lipinski definition) is 0. The van der Waals surface area contributed by atoms with Crippen LogP contribution in [0.15, 0.2) is 54.1 Å². The molecule has 0 saturated heterocycles. The van der Waals surface area contributed by atoms with Gasteiger partial charge in [-0.05, 0) is 30.7 Å². The van der Waals surface area contributed by atoms with E-state index in [0.717, 1.165) is 27.9 Å². The summed E-state index contributed by atoms with van der Waals surface area (Å²) in [5, 5.41) is 9.27. The molecule has 0 aliphatic rings. The summed E-state index contributed by atoms with van der Waals surface area (Å²) in [7, 11) is 0. The van der Waals surface area contributed by atoms with E-state index < -0.39 is 0 Å². The Morgan fingerprint density at radius 1 is 1.10 bits per heavy atom. The topological polar surface area (TPSA) is 47.5 Å². The molecular weight excluding hydrogens is 282 g/mol. The molecule has 0 amide bonds. The number of pyridine rings is 2. The van der Waals surface area contributed by atoms with Gasteiger partial charge in [0.15, 0.2) is 10.8 Å². The summed E-state index contributed by atoms with van der Waals surface area (Å²) in [5.74, 6) is 0.775. The molecule has 0 saturated carbocycles. The van der Waals surface area contributed by atoms with Crippen LogP contribution in [0.5, 0.6) is 0 Å². The van der Waals surface area contributed by atoms with Crippen molar-refractivity contribution in [1.29, 1.82) is 0 Å². The first-order valence-electron chi connectivity index (χ1n) is 6.67. The van der Waals surface area contributed by atoms with E-state index in [2.05, 4.69) is 38.8 Å². The maximum absolute atomic E-state index is 4.68. The summed E-state index contributed by atoms with van der Waals surface area (Å²) in [6, 6.07) is 10.0. The van der Waals surface area contributed by atoms with Crippen LogP contribution >= 0.6 is 11.8 Å². The molecule has 5 nitrogen and oxygen atoms in total. The molecule has 4 aromatic rings. The number of rotatable bonds is 3. The molecule has 0 spiro atoms. The minimum absolute atomic E-state index is 0.775. The van der Waals surface area contributed by atoms with Crippen LogP contribution in [0, 0.1) is 6.92 Å². The molecule has 0 radical (unpaired) electrons. The molecule has 0 atom stereocenters. The highest BCUT2D eigenvalue weighted by molar-refractivity contribution is 7.98. The lowest BCUT2D eigenvalue weighted by atomic mass is 10.3. The van der Waals surface area contributed by atoms with Crippen molar-refractivity contribution in [2.75, 3.05) is 0 Å². The first kappa shape index (κ1) is 12.4. The minimum Gasteiger partial charge on any atom is -0.307 e. The minimum atomic E-state index is 0.775. The van der Waals surface area contributed by atoms with Crippen molar-refractivity contribution < 1.29 is 0 Å². The van der Waals surface area contributed by atoms with Crippen LogP contribution in [0.1, 0.15) is 11.3 Å². The van der Waals surface area contributed by atoms with E-state index >= 15 is 0 Å². The Morgan fingerprint density at radius 3 is 2.95 bits per heavy atom. The van der Waals surface area contributed by atoms with E-state index in [1.165, 1.54) is 5.56 Å². The molecule has 0 unspecified atom stereocenters. The van der Waals surface area contributed by atoms with Gasteiger partial charge < -0.3 is 4.40 Å². The summed E-state index contributed by atoms with van der Waals surface area (Å²) < 4.78 is 4.05. The molecule has 6 heteroatoms. The van der Waals surface area contributed by atoms with Gasteiger partial charge in [-0.15, -0.1) is 10.2 Å². The molecule has 0 N–H and O–H groups in total. The van der Waals surface area contributed by atoms with E-state index in [4.69, 9.17) is 0 Å². The standard InChI is InChI=1S/C15H13N5S/c1-11-5-4-7-19-9-12(16-14(11)19)10-21-15-18-17-13-6-2-3-8-20(13)15/h2-9H,10H2,1H3. The predicted molar refractivity (Wildman–Crippen MR) is 82.5 cm³/mol. The van der Waals surface area contributed by atoms with Crippen LogP contribution in [0.4, 0.5) is 0 Å². The molecule has 0 aliphatic carbocycles. The molecule has 0 aromatic carbocycles. The second kappa shape index (κ2) is 4.89. The second-order valence-corrected chi connectivity index (χ2v) is 5.80. The first-order valence-corrected chi connectivity index (χ1v) is 7.65. The summed E-state index contributed by atoms with van der Waals surface area (Å²) in [5.41, 5.74) is 4.11. The Balaban J connectivity index is 1.62. The van der Waals surface area contributed by atoms with Gasteiger partial charge in [0.2, 0.25) is 0 Å². The van der Waals surface area contributed by atoms with Gasteiger partial charge >= 0.3 is 0 Å². The largest absolute Gasteiger partial charge is 0.307 e. The van der Waals surface area contributed by atoms with Crippen LogP contribution in [-0.4, -0.2) is 24.0 Å². The summed E-state index contributed by atoms with van der Waals surface area (Å²) >= 11 is 1.64. The molecule has 0 fully saturated rings. The van der Waals surface area contributed by atoms with E-state index in [0.29, 0.717) is 0 Å². The molecule has 4 heterocycles. The third kappa shape index (κ3) is 2.17. The van der Waals surface area contributed by atoms with Crippen molar-refractivity contribution in [3.63, 3.8) is 0 Å². The predicted octanol–water partition coefficient (Wildman–Crippen LogP) is 2.98. The molecule has 0 bridgehead atoms. The highest BCUT2D eigenvalue weighted by atomic mass is 32.2. The molecular formula is C15H13N5S. The van der Waals surface area contributed by atoms with E-state index in [-0.39, 0.29) is 0 Å². The number of nitrogens with zero attached hydrogens (tertiary/aromatic N) is 5. The van der Waals surface area contributed by atoms with Crippen LogP contribution < -0.4 is 0 Å². The normalized spacial score (nSPS) is 11.5. The molecule has 4 rings (SSSR count). The SMILES string of the molecule is Cc1cccn2cc(CSc3nnc4ccccn34)nc12. The summed E-state index contributed by atoms with van der Waals surface area (Å²) in [4.78, 5) is 4.68. The van der Waals surface area contributed by atoms with Crippen LogP contribution in [0.25, 0.3) is 11.3 Å². The molecule has 104 valence electrons. The van der Waals surface area contributed by atoms with Crippen molar-refractivity contribution in [1.82, 2.24) is 24.0 Å². The number of fused-ring (bicyclic) bond motifs is 2. The van der Waals surface area contributed by atoms with Gasteiger partial charge in [-0.1, -0.05) is 23.9 Å². The van der Waals surface area contributed by atoms with Gasteiger partial charge in [0, 0.05) is 24.3 Å². The maximum atomic E-state index is 4.68. The lowest BCUT2D eigenvalue weighted by Crippen LogP contribution is -1.87. The monoisotopic (exact) mass is 295 g/mol. The van der Waals surface area contributed by atoms with Crippen LogP contribution in [-0.2, 0) is 5.75 Å². The fourth-order valence-electron chi connectivity index (χ4n) is 2.33. The van der Waals surface area contributed by atoms with Gasteiger partial charge in [0.1, 0.15) is 5.65 Å². The van der Waals surface area contributed by atoms with E-state index in [1.807, 2.05) is 41.1 Å². The summed E-state index contributed by atoms with van der Waals surface area (Å²) in [6.07, 6.45) is 6.07. The fraction of sp³-hybridized carbons (Fsp3) is 0.133. The highest BCUT2D eigenvalue weighted by Crippen LogP contribution is 2.22. The lowest BCUT2D eigenvalue weighted by molar-refractivity contribution is 0.920. The van der Waals surface area contributed by atoms with Crippen molar-refractivity contribution >= 4 is 23.1 Å². The number of hydrogen-bond acceptors (Lipinski definition) is 4. The Labute approximate surface area is 125 Å². The van der Waals surface area contributed by atoms with Crippen LogP contribution in [0.3, 0.4) is 0 Å². The van der Waals surface area contributed by atoms with Gasteiger partial charge in [0.05, 0.1) is 5.69 Å². The molecule has 21 heavy (non-hydrogen) atoms. The molecule has 0 aliphatic heterocycles. The van der Waals surface area contributed by atoms with E-state index in [1.54, 1.807) is 11.8 Å². The highest BCUT2D eigenvalue weighted by Gasteiger charge is 2.08. The zero-order valence-electron chi connectivity index (χ0n) is 11.5. The summed E-state index contributed by atoms with van der Waals surface area (Å²) in [6.45, 7) is 2.07. The smallest absolute Gasteiger partial charge is 0.195 e. The molecule has 4 aromatic heterocycles. The van der Waals surface area contributed by atoms with Crippen molar-refractivity contribution in [3.8, 4) is 0 Å². The number of thioether (sulfide) groups is 1. The number of aryl methyl sites for hydroxylation is 1. The van der Waals surface area contributed by atoms with Crippen molar-refractivity contribution in [3.05, 3.63) is 60.2 Å². The third-order valence-electron chi connectivity index (χ3n) is 3.36. The van der Waals surface area contributed by atoms with Gasteiger partial charge in [0.25, 0.3) is 0 Å². The van der Waals surface area contributed by atoms with E-state index in [9.17, 15) is 0 Å². The fourth-order valence-corrected chi connectivity index (χ4v) is 3.14. The van der Waals surface area contributed by atoms with Crippen LogP contribution in [0.2, 0.25) is 0 Å². The van der Waals surface area contributed by atoms with Gasteiger partial charge in [-0.2, -0.15) is 0 Å². The Morgan fingerprint density at radius 2 is 2.05 bits per heavy atom. The number of aromatic nitrogens is 5. The first-order chi connectivity index (χ1) is 10.3. The Kier molecular flexibility index (Phi) is 2.89. The lowest BCUT2D eigenvalue weighted by Gasteiger charge is -1.97. The van der Waals surface area contributed by atoms with Crippen molar-refractivity contribution in [2.45, 2.75) is 17.8 Å².